The molecule has 0 aromatic carbocycles. The van der Waals surface area contributed by atoms with E-state index in [1.54, 1.807) is 0 Å². The van der Waals surface area contributed by atoms with Crippen LogP contribution < -0.4 is 22.1 Å². The summed E-state index contributed by atoms with van der Waals surface area (Å²) in [6.45, 7) is 1.63. The number of aldehydes is 4. The smallest absolute Gasteiger partial charge is 0.147 e. The fourth-order valence-electron chi connectivity index (χ4n) is 1.89. The Kier molecular flexibility index (Phi) is 10.4. The first-order valence-electron chi connectivity index (χ1n) is 7.33. The van der Waals surface area contributed by atoms with Crippen LogP contribution in [0.5, 0.6) is 0 Å². The Morgan fingerprint density at radius 3 is 1.23 bits per heavy atom. The zero-order valence-electron chi connectivity index (χ0n) is 12.8. The molecule has 0 unspecified atom stereocenters. The fourth-order valence-corrected chi connectivity index (χ4v) is 1.89. The van der Waals surface area contributed by atoms with Crippen molar-refractivity contribution < 1.29 is 19.2 Å². The summed E-state index contributed by atoms with van der Waals surface area (Å²) < 4.78 is 0. The highest BCUT2D eigenvalue weighted by atomic mass is 16.1. The van der Waals surface area contributed by atoms with Gasteiger partial charge in [-0.15, -0.1) is 0 Å². The fraction of sp³-hybridized carbons (Fsp3) is 0.714. The van der Waals surface area contributed by atoms with E-state index in [9.17, 15) is 19.2 Å². The minimum atomic E-state index is -1.41. The van der Waals surface area contributed by atoms with Crippen molar-refractivity contribution in [3.63, 3.8) is 0 Å². The lowest BCUT2D eigenvalue weighted by molar-refractivity contribution is -0.127. The van der Waals surface area contributed by atoms with Gasteiger partial charge in [0.25, 0.3) is 0 Å². The van der Waals surface area contributed by atoms with E-state index in [1.807, 2.05) is 0 Å². The van der Waals surface area contributed by atoms with Crippen molar-refractivity contribution >= 4 is 25.1 Å². The van der Waals surface area contributed by atoms with Gasteiger partial charge in [-0.3, -0.25) is 10.6 Å². The molecule has 0 radical (unpaired) electrons. The number of hydrogen-bond donors (Lipinski definition) is 4. The lowest BCUT2D eigenvalue weighted by atomic mass is 9.87. The molecule has 0 heterocycles. The molecule has 8 heteroatoms. The maximum absolute atomic E-state index is 11.3. The first-order chi connectivity index (χ1) is 10.6. The Hall–Kier alpha value is -1.48. The third-order valence-electron chi connectivity index (χ3n) is 3.46. The zero-order valence-corrected chi connectivity index (χ0v) is 12.8. The van der Waals surface area contributed by atoms with E-state index in [1.165, 1.54) is 0 Å². The van der Waals surface area contributed by atoms with Crippen LogP contribution >= 0.6 is 0 Å². The molecule has 8 nitrogen and oxygen atoms in total. The number of nitrogens with one attached hydrogen (secondary N) is 2. The Bertz CT molecular complexity index is 313. The molecule has 22 heavy (non-hydrogen) atoms. The topological polar surface area (TPSA) is 144 Å². The summed E-state index contributed by atoms with van der Waals surface area (Å²) in [5.41, 5.74) is 7.90. The predicted molar refractivity (Wildman–Crippen MR) is 82.3 cm³/mol. The van der Waals surface area contributed by atoms with Crippen molar-refractivity contribution in [2.45, 2.75) is 36.8 Å². The van der Waals surface area contributed by atoms with Crippen molar-refractivity contribution in [2.75, 3.05) is 26.2 Å². The van der Waals surface area contributed by atoms with Crippen LogP contribution in [0.15, 0.2) is 0 Å². The Morgan fingerprint density at radius 1 is 0.682 bits per heavy atom. The van der Waals surface area contributed by atoms with Crippen molar-refractivity contribution in [3.8, 4) is 0 Å². The highest BCUT2D eigenvalue weighted by Crippen LogP contribution is 2.15. The second kappa shape index (κ2) is 11.1. The standard InChI is InChI=1S/C14H26N4O4/c15-5-1-7-17-13(9-19,10-20)3-4-14(11-21,12-22)18-8-2-6-16/h9-12,17-18H,1-8,15-16H2. The Labute approximate surface area is 130 Å². The van der Waals surface area contributed by atoms with Gasteiger partial charge < -0.3 is 30.6 Å². The van der Waals surface area contributed by atoms with Gasteiger partial charge in [-0.05, 0) is 51.9 Å². The largest absolute Gasteiger partial charge is 0.330 e. The summed E-state index contributed by atoms with van der Waals surface area (Å²) in [7, 11) is 0. The van der Waals surface area contributed by atoms with E-state index in [0.29, 0.717) is 64.2 Å². The molecular formula is C14H26N4O4. The molecule has 6 N–H and O–H groups in total. The van der Waals surface area contributed by atoms with Gasteiger partial charge in [-0.2, -0.15) is 0 Å². The molecule has 0 aliphatic rings. The van der Waals surface area contributed by atoms with Gasteiger partial charge >= 0.3 is 0 Å². The van der Waals surface area contributed by atoms with Gasteiger partial charge in [0.1, 0.15) is 36.2 Å². The maximum Gasteiger partial charge on any atom is 0.147 e. The van der Waals surface area contributed by atoms with E-state index in [4.69, 9.17) is 11.5 Å². The van der Waals surface area contributed by atoms with Crippen LogP contribution in [0.25, 0.3) is 0 Å². The van der Waals surface area contributed by atoms with E-state index in [-0.39, 0.29) is 12.8 Å². The van der Waals surface area contributed by atoms with Crippen LogP contribution in [0, 0.1) is 0 Å². The molecule has 0 amide bonds. The van der Waals surface area contributed by atoms with E-state index < -0.39 is 11.1 Å². The summed E-state index contributed by atoms with van der Waals surface area (Å²) in [6, 6.07) is 0. The molecule has 0 aromatic rings. The molecule has 0 aromatic heterocycles. The zero-order chi connectivity index (χ0) is 16.9. The van der Waals surface area contributed by atoms with Gasteiger partial charge in [0.05, 0.1) is 0 Å². The van der Waals surface area contributed by atoms with Gasteiger partial charge in [0.2, 0.25) is 0 Å². The van der Waals surface area contributed by atoms with Crippen molar-refractivity contribution in [1.82, 2.24) is 10.6 Å². The third kappa shape index (κ3) is 6.52. The van der Waals surface area contributed by atoms with Crippen LogP contribution in [0.3, 0.4) is 0 Å². The molecule has 0 aliphatic carbocycles. The number of nitrogens with two attached hydrogens (primary N) is 2. The first-order valence-corrected chi connectivity index (χ1v) is 7.33. The highest BCUT2D eigenvalue weighted by molar-refractivity contribution is 5.91. The lowest BCUT2D eigenvalue weighted by Gasteiger charge is -2.29. The van der Waals surface area contributed by atoms with Crippen LogP contribution in [-0.4, -0.2) is 62.4 Å². The number of carbonyl (C=O) groups excluding carboxylic acids is 4. The minimum Gasteiger partial charge on any atom is -0.330 e. The normalized spacial score (nSPS) is 11.9. The SMILES string of the molecule is NCCCNC(C=O)(C=O)CCC(C=O)(C=O)NCCCN. The molecular weight excluding hydrogens is 288 g/mol. The number of carbonyl (C=O) groups is 4. The number of hydrogen-bond acceptors (Lipinski definition) is 8. The number of rotatable bonds is 15. The predicted octanol–water partition coefficient (Wildman–Crippen LogP) is -2.08. The molecule has 0 spiro atoms. The molecule has 0 atom stereocenters. The van der Waals surface area contributed by atoms with E-state index in [2.05, 4.69) is 10.6 Å². The average Bonchev–Trinajstić information content (AvgIpc) is 2.57. The van der Waals surface area contributed by atoms with Crippen molar-refractivity contribution in [3.05, 3.63) is 0 Å². The molecule has 0 saturated carbocycles. The Balaban J connectivity index is 4.80. The van der Waals surface area contributed by atoms with Crippen molar-refractivity contribution in [2.24, 2.45) is 11.5 Å². The maximum atomic E-state index is 11.3. The molecule has 126 valence electrons. The molecule has 0 fully saturated rings. The summed E-state index contributed by atoms with van der Waals surface area (Å²) in [6.07, 6.45) is 3.24. The second-order valence-electron chi connectivity index (χ2n) is 5.19. The van der Waals surface area contributed by atoms with Gasteiger partial charge in [-0.25, -0.2) is 0 Å². The van der Waals surface area contributed by atoms with Crippen LogP contribution in [-0.2, 0) is 19.2 Å². The summed E-state index contributed by atoms with van der Waals surface area (Å²) in [4.78, 5) is 45.1. The van der Waals surface area contributed by atoms with Crippen molar-refractivity contribution in [1.29, 1.82) is 0 Å². The quantitative estimate of drug-likeness (QED) is 0.153. The molecule has 0 rings (SSSR count). The van der Waals surface area contributed by atoms with Crippen LogP contribution in [0.4, 0.5) is 0 Å². The molecule has 0 bridgehead atoms. The van der Waals surface area contributed by atoms with Gasteiger partial charge in [0.15, 0.2) is 0 Å². The highest BCUT2D eigenvalue weighted by Gasteiger charge is 2.35. The Morgan fingerprint density at radius 2 is 1.00 bits per heavy atom. The summed E-state index contributed by atoms with van der Waals surface area (Å²) >= 11 is 0. The van der Waals surface area contributed by atoms with Crippen LogP contribution in [0.1, 0.15) is 25.7 Å². The summed E-state index contributed by atoms with van der Waals surface area (Å²) in [5.74, 6) is 0. The van der Waals surface area contributed by atoms with E-state index >= 15 is 0 Å². The average molecular weight is 314 g/mol. The minimum absolute atomic E-state index is 0.0255. The second-order valence-corrected chi connectivity index (χ2v) is 5.19. The lowest BCUT2D eigenvalue weighted by Crippen LogP contribution is -2.54. The van der Waals surface area contributed by atoms with Gasteiger partial charge in [-0.1, -0.05) is 0 Å². The monoisotopic (exact) mass is 314 g/mol. The molecule has 0 saturated heterocycles. The third-order valence-corrected chi connectivity index (χ3v) is 3.46. The molecule has 0 aliphatic heterocycles. The first kappa shape index (κ1) is 20.5. The summed E-state index contributed by atoms with van der Waals surface area (Å²) in [5, 5.41) is 5.65. The van der Waals surface area contributed by atoms with E-state index in [0.717, 1.165) is 0 Å². The van der Waals surface area contributed by atoms with Crippen LogP contribution in [0.2, 0.25) is 0 Å². The van der Waals surface area contributed by atoms with Gasteiger partial charge in [0, 0.05) is 0 Å².